The van der Waals surface area contributed by atoms with E-state index in [0.717, 1.165) is 42.5 Å². The maximum atomic E-state index is 15.2. The van der Waals surface area contributed by atoms with E-state index in [0.29, 0.717) is 17.9 Å². The molecule has 1 fully saturated rings. The largest absolute Gasteiger partial charge is 0.493 e. The number of carbonyl (C=O) groups is 2. The number of benzene rings is 2. The Balaban J connectivity index is 1.66. The molecule has 3 aromatic rings. The van der Waals surface area contributed by atoms with Crippen LogP contribution in [0, 0.1) is 5.82 Å². The van der Waals surface area contributed by atoms with E-state index in [4.69, 9.17) is 9.47 Å². The number of thiophene rings is 1. The van der Waals surface area contributed by atoms with E-state index in [1.807, 2.05) is 35.7 Å². The number of amides is 2. The summed E-state index contributed by atoms with van der Waals surface area (Å²) in [6, 6.07) is 14.6. The zero-order chi connectivity index (χ0) is 26.9. The molecule has 0 bridgehead atoms. The third kappa shape index (κ3) is 6.92. The summed E-state index contributed by atoms with van der Waals surface area (Å²) in [7, 11) is 3.15. The van der Waals surface area contributed by atoms with Gasteiger partial charge >= 0.3 is 0 Å². The number of hydrogen-bond donors (Lipinski definition) is 1. The lowest BCUT2D eigenvalue weighted by molar-refractivity contribution is -0.140. The Bertz CT molecular complexity index is 1210. The SMILES string of the molecule is COc1ccc(CCN(C(=O)Cc2cccs2)C(C(=O)NC2CCCCC2)c2ccccc2F)cc1OC. The van der Waals surface area contributed by atoms with Crippen molar-refractivity contribution in [2.45, 2.75) is 57.0 Å². The molecule has 0 radical (unpaired) electrons. The highest BCUT2D eigenvalue weighted by Gasteiger charge is 2.34. The molecule has 6 nitrogen and oxygen atoms in total. The van der Waals surface area contributed by atoms with Crippen molar-refractivity contribution in [3.63, 3.8) is 0 Å². The molecule has 1 unspecified atom stereocenters. The second kappa shape index (κ2) is 13.4. The number of rotatable bonds is 11. The summed E-state index contributed by atoms with van der Waals surface area (Å²) in [5.74, 6) is 0.130. The van der Waals surface area contributed by atoms with Gasteiger partial charge in [0.05, 0.1) is 20.6 Å². The van der Waals surface area contributed by atoms with Gasteiger partial charge in [-0.05, 0) is 54.5 Å². The smallest absolute Gasteiger partial charge is 0.247 e. The van der Waals surface area contributed by atoms with Crippen molar-refractivity contribution >= 4 is 23.2 Å². The van der Waals surface area contributed by atoms with E-state index in [-0.39, 0.29) is 36.4 Å². The molecule has 0 aliphatic heterocycles. The molecule has 0 spiro atoms. The van der Waals surface area contributed by atoms with Gasteiger partial charge in [-0.2, -0.15) is 0 Å². The minimum Gasteiger partial charge on any atom is -0.493 e. The quantitative estimate of drug-likeness (QED) is 0.340. The first-order valence-electron chi connectivity index (χ1n) is 13.1. The molecular formula is C30H35FN2O4S. The second-order valence-electron chi connectivity index (χ2n) is 9.55. The summed E-state index contributed by atoms with van der Waals surface area (Å²) < 4.78 is 26.0. The van der Waals surface area contributed by atoms with Gasteiger partial charge in [-0.25, -0.2) is 4.39 Å². The Morgan fingerprint density at radius 1 is 1.03 bits per heavy atom. The van der Waals surface area contributed by atoms with Crippen molar-refractivity contribution in [1.29, 1.82) is 0 Å². The van der Waals surface area contributed by atoms with Gasteiger partial charge in [0.1, 0.15) is 11.9 Å². The van der Waals surface area contributed by atoms with Gasteiger partial charge in [0.25, 0.3) is 0 Å². The van der Waals surface area contributed by atoms with E-state index in [2.05, 4.69) is 5.32 Å². The van der Waals surface area contributed by atoms with E-state index in [1.165, 1.54) is 22.3 Å². The van der Waals surface area contributed by atoms with Crippen LogP contribution in [0.3, 0.4) is 0 Å². The topological polar surface area (TPSA) is 67.9 Å². The Morgan fingerprint density at radius 2 is 1.79 bits per heavy atom. The van der Waals surface area contributed by atoms with Crippen LogP contribution in [0.5, 0.6) is 11.5 Å². The van der Waals surface area contributed by atoms with Crippen molar-refractivity contribution in [3.8, 4) is 11.5 Å². The third-order valence-electron chi connectivity index (χ3n) is 7.03. The molecular weight excluding hydrogens is 503 g/mol. The lowest BCUT2D eigenvalue weighted by atomic mass is 9.94. The fourth-order valence-electron chi connectivity index (χ4n) is 5.02. The Labute approximate surface area is 227 Å². The number of ether oxygens (including phenoxy) is 2. The average molecular weight is 539 g/mol. The highest BCUT2D eigenvalue weighted by molar-refractivity contribution is 7.10. The summed E-state index contributed by atoms with van der Waals surface area (Å²) in [6.07, 6.45) is 5.64. The lowest BCUT2D eigenvalue weighted by Gasteiger charge is -2.33. The number of nitrogens with zero attached hydrogens (tertiary/aromatic N) is 1. The predicted octanol–water partition coefficient (Wildman–Crippen LogP) is 5.71. The predicted molar refractivity (Wildman–Crippen MR) is 147 cm³/mol. The molecule has 1 atom stereocenters. The van der Waals surface area contributed by atoms with Crippen LogP contribution in [-0.4, -0.2) is 43.5 Å². The summed E-state index contributed by atoms with van der Waals surface area (Å²) in [5.41, 5.74) is 1.11. The molecule has 2 aromatic carbocycles. The number of nitrogens with one attached hydrogen (secondary N) is 1. The fraction of sp³-hybridized carbons (Fsp3) is 0.400. The van der Waals surface area contributed by atoms with Gasteiger partial charge in [-0.1, -0.05) is 49.6 Å². The maximum Gasteiger partial charge on any atom is 0.247 e. The van der Waals surface area contributed by atoms with Crippen LogP contribution in [0.4, 0.5) is 4.39 Å². The molecule has 8 heteroatoms. The molecule has 1 aliphatic rings. The van der Waals surface area contributed by atoms with Crippen LogP contribution in [-0.2, 0) is 22.4 Å². The van der Waals surface area contributed by atoms with Crippen molar-refractivity contribution in [1.82, 2.24) is 10.2 Å². The highest BCUT2D eigenvalue weighted by atomic mass is 32.1. The first-order valence-corrected chi connectivity index (χ1v) is 14.0. The molecule has 1 aliphatic carbocycles. The standard InChI is InChI=1S/C30H35FN2O4S/c1-36-26-15-14-21(19-27(26)37-2)16-17-33(28(34)20-23-11-8-18-38-23)29(24-12-6-7-13-25(24)31)30(35)32-22-9-4-3-5-10-22/h6-8,11-15,18-19,22,29H,3-5,9-10,16-17,20H2,1-2H3,(H,32,35). The van der Waals surface area contributed by atoms with Crippen molar-refractivity contribution in [2.24, 2.45) is 0 Å². The first kappa shape index (κ1) is 27.6. The van der Waals surface area contributed by atoms with Crippen LogP contribution in [0.25, 0.3) is 0 Å². The van der Waals surface area contributed by atoms with Crippen LogP contribution in [0.15, 0.2) is 60.0 Å². The molecule has 4 rings (SSSR count). The molecule has 202 valence electrons. The minimum atomic E-state index is -1.08. The fourth-order valence-corrected chi connectivity index (χ4v) is 5.72. The van der Waals surface area contributed by atoms with Gasteiger partial charge in [0, 0.05) is 23.0 Å². The van der Waals surface area contributed by atoms with Gasteiger partial charge in [-0.15, -0.1) is 11.3 Å². The lowest BCUT2D eigenvalue weighted by Crippen LogP contribution is -2.48. The molecule has 1 N–H and O–H groups in total. The molecule has 1 heterocycles. The zero-order valence-corrected chi connectivity index (χ0v) is 22.8. The van der Waals surface area contributed by atoms with Gasteiger partial charge in [0.2, 0.25) is 11.8 Å². The van der Waals surface area contributed by atoms with Gasteiger partial charge in [0.15, 0.2) is 11.5 Å². The van der Waals surface area contributed by atoms with Crippen LogP contribution >= 0.6 is 11.3 Å². The van der Waals surface area contributed by atoms with Crippen LogP contribution in [0.1, 0.15) is 54.1 Å². The molecule has 1 aromatic heterocycles. The molecule has 0 saturated heterocycles. The Morgan fingerprint density at radius 3 is 2.47 bits per heavy atom. The second-order valence-corrected chi connectivity index (χ2v) is 10.6. The molecule has 1 saturated carbocycles. The Hall–Kier alpha value is -3.39. The third-order valence-corrected chi connectivity index (χ3v) is 7.90. The monoisotopic (exact) mass is 538 g/mol. The van der Waals surface area contributed by atoms with E-state index in [9.17, 15) is 9.59 Å². The van der Waals surface area contributed by atoms with Crippen molar-refractivity contribution < 1.29 is 23.5 Å². The number of halogens is 1. The number of carbonyl (C=O) groups excluding carboxylic acids is 2. The van der Waals surface area contributed by atoms with Gasteiger partial charge < -0.3 is 19.7 Å². The van der Waals surface area contributed by atoms with Crippen LogP contribution in [0.2, 0.25) is 0 Å². The summed E-state index contributed by atoms with van der Waals surface area (Å²) in [4.78, 5) is 30.0. The number of hydrogen-bond acceptors (Lipinski definition) is 5. The van der Waals surface area contributed by atoms with E-state index < -0.39 is 11.9 Å². The normalized spacial score (nSPS) is 14.5. The first-order chi connectivity index (χ1) is 18.5. The highest BCUT2D eigenvalue weighted by Crippen LogP contribution is 2.30. The number of methoxy groups -OCH3 is 2. The Kier molecular flexibility index (Phi) is 9.76. The maximum absolute atomic E-state index is 15.2. The summed E-state index contributed by atoms with van der Waals surface area (Å²) in [6.45, 7) is 0.233. The average Bonchev–Trinajstić information content (AvgIpc) is 3.45. The van der Waals surface area contributed by atoms with E-state index in [1.54, 1.807) is 32.4 Å². The minimum absolute atomic E-state index is 0.0330. The van der Waals surface area contributed by atoms with Crippen molar-refractivity contribution in [2.75, 3.05) is 20.8 Å². The van der Waals surface area contributed by atoms with Gasteiger partial charge in [-0.3, -0.25) is 9.59 Å². The van der Waals surface area contributed by atoms with Crippen molar-refractivity contribution in [3.05, 3.63) is 81.8 Å². The molecule has 38 heavy (non-hydrogen) atoms. The summed E-state index contributed by atoms with van der Waals surface area (Å²) in [5, 5.41) is 5.05. The zero-order valence-electron chi connectivity index (χ0n) is 22.0. The van der Waals surface area contributed by atoms with Crippen LogP contribution < -0.4 is 14.8 Å². The molecule has 2 amide bonds. The van der Waals surface area contributed by atoms with E-state index >= 15 is 4.39 Å². The summed E-state index contributed by atoms with van der Waals surface area (Å²) >= 11 is 1.49.